The number of ketones is 2. The van der Waals surface area contributed by atoms with E-state index in [1.54, 1.807) is 13.0 Å². The van der Waals surface area contributed by atoms with Gasteiger partial charge in [0, 0.05) is 22.5 Å². The van der Waals surface area contributed by atoms with E-state index in [4.69, 9.17) is 11.5 Å². The van der Waals surface area contributed by atoms with Crippen LogP contribution in [0.15, 0.2) is 40.1 Å². The number of benzene rings is 3. The van der Waals surface area contributed by atoms with Gasteiger partial charge in [-0.2, -0.15) is 16.8 Å². The van der Waals surface area contributed by atoms with Crippen LogP contribution in [0.25, 0.3) is 0 Å². The molecule has 4 rings (SSSR count). The average Bonchev–Trinajstić information content (AvgIpc) is 2.77. The van der Waals surface area contributed by atoms with Gasteiger partial charge in [0.15, 0.2) is 11.6 Å². The number of nitrogen functional groups attached to an aromatic ring is 2. The summed E-state index contributed by atoms with van der Waals surface area (Å²) in [6.07, 6.45) is 0. The summed E-state index contributed by atoms with van der Waals surface area (Å²) in [6, 6.07) is 6.76. The molecule has 0 amide bonds. The fourth-order valence-corrected chi connectivity index (χ4v) is 6.16. The van der Waals surface area contributed by atoms with Crippen molar-refractivity contribution in [3.63, 3.8) is 0 Å². The zero-order valence-electron chi connectivity index (χ0n) is 19.2. The molecule has 13 heteroatoms. The van der Waals surface area contributed by atoms with Gasteiger partial charge in [0.05, 0.1) is 22.5 Å². The third-order valence-electron chi connectivity index (χ3n) is 6.23. The summed E-state index contributed by atoms with van der Waals surface area (Å²) < 4.78 is 68.0. The van der Waals surface area contributed by atoms with Crippen LogP contribution in [0.5, 0.6) is 0 Å². The van der Waals surface area contributed by atoms with Gasteiger partial charge in [0.25, 0.3) is 20.2 Å². The van der Waals surface area contributed by atoms with E-state index in [1.165, 1.54) is 32.0 Å². The largest absolute Gasteiger partial charge is 0.398 e. The molecule has 0 bridgehead atoms. The number of carbonyl (C=O) groups is 2. The van der Waals surface area contributed by atoms with Gasteiger partial charge in [-0.25, -0.2) is 0 Å². The molecule has 11 nitrogen and oxygen atoms in total. The molecule has 0 saturated heterocycles. The van der Waals surface area contributed by atoms with Gasteiger partial charge in [0.1, 0.15) is 9.79 Å². The summed E-state index contributed by atoms with van der Waals surface area (Å²) in [6.45, 7) is 4.32. The SMILES string of the molecule is Cc1c(N)c(C)c(S(=O)(=O)O)c(C)c1Nc1cc(S(=O)(=O)O)c(N)c2c1C(=O)c1ccccc1C2=O. The molecule has 0 fully saturated rings. The fraction of sp³-hybridized carbons (Fsp3) is 0.130. The first-order valence-electron chi connectivity index (χ1n) is 10.3. The molecule has 0 heterocycles. The van der Waals surface area contributed by atoms with Crippen molar-refractivity contribution >= 4 is 54.6 Å². The van der Waals surface area contributed by atoms with Crippen molar-refractivity contribution in [3.05, 3.63) is 69.3 Å². The predicted octanol–water partition coefficient (Wildman–Crippen LogP) is 2.79. The zero-order valence-corrected chi connectivity index (χ0v) is 20.8. The highest BCUT2D eigenvalue weighted by Gasteiger charge is 2.37. The molecule has 3 aromatic carbocycles. The molecule has 0 saturated carbocycles. The number of nitrogens with one attached hydrogen (secondary N) is 1. The first kappa shape index (κ1) is 25.3. The molecular formula is C23H21N3O8S2. The van der Waals surface area contributed by atoms with Gasteiger partial charge >= 0.3 is 0 Å². The van der Waals surface area contributed by atoms with E-state index in [9.17, 15) is 35.5 Å². The molecule has 0 atom stereocenters. The maximum absolute atomic E-state index is 13.5. The molecule has 0 aliphatic heterocycles. The number of hydrogen-bond acceptors (Lipinski definition) is 9. The van der Waals surface area contributed by atoms with E-state index in [2.05, 4.69) is 5.32 Å². The highest BCUT2D eigenvalue weighted by atomic mass is 32.2. The van der Waals surface area contributed by atoms with Crippen LogP contribution < -0.4 is 16.8 Å². The first-order chi connectivity index (χ1) is 16.6. The Morgan fingerprint density at radius 2 is 1.28 bits per heavy atom. The lowest BCUT2D eigenvalue weighted by atomic mass is 9.82. The number of fused-ring (bicyclic) bond motifs is 2. The van der Waals surface area contributed by atoms with E-state index < -0.39 is 52.8 Å². The lowest BCUT2D eigenvalue weighted by Gasteiger charge is -2.25. The minimum Gasteiger partial charge on any atom is -0.398 e. The summed E-state index contributed by atoms with van der Waals surface area (Å²) in [5.41, 5.74) is 11.1. The van der Waals surface area contributed by atoms with E-state index in [-0.39, 0.29) is 44.9 Å². The molecule has 36 heavy (non-hydrogen) atoms. The Morgan fingerprint density at radius 3 is 1.78 bits per heavy atom. The Morgan fingerprint density at radius 1 is 0.750 bits per heavy atom. The van der Waals surface area contributed by atoms with Gasteiger partial charge < -0.3 is 16.8 Å². The molecule has 1 aliphatic carbocycles. The van der Waals surface area contributed by atoms with Gasteiger partial charge in [-0.1, -0.05) is 24.3 Å². The fourth-order valence-electron chi connectivity index (χ4n) is 4.53. The second kappa shape index (κ2) is 8.13. The summed E-state index contributed by atoms with van der Waals surface area (Å²) in [7, 11) is -9.69. The van der Waals surface area contributed by atoms with E-state index >= 15 is 0 Å². The number of hydrogen-bond donors (Lipinski definition) is 5. The van der Waals surface area contributed by atoms with E-state index in [0.717, 1.165) is 6.07 Å². The molecule has 3 aromatic rings. The normalized spacial score (nSPS) is 13.4. The molecule has 7 N–H and O–H groups in total. The Bertz CT molecular complexity index is 1740. The molecule has 0 aromatic heterocycles. The molecule has 0 spiro atoms. The predicted molar refractivity (Wildman–Crippen MR) is 132 cm³/mol. The van der Waals surface area contributed by atoms with Crippen molar-refractivity contribution in [2.75, 3.05) is 16.8 Å². The quantitative estimate of drug-likeness (QED) is 0.191. The summed E-state index contributed by atoms with van der Waals surface area (Å²) >= 11 is 0. The van der Waals surface area contributed by atoms with Crippen LogP contribution in [0.3, 0.4) is 0 Å². The van der Waals surface area contributed by atoms with Crippen molar-refractivity contribution in [1.29, 1.82) is 0 Å². The maximum Gasteiger partial charge on any atom is 0.296 e. The average molecular weight is 532 g/mol. The van der Waals surface area contributed by atoms with Crippen LogP contribution in [0.2, 0.25) is 0 Å². The minimum atomic E-state index is -4.96. The monoisotopic (exact) mass is 531 g/mol. The van der Waals surface area contributed by atoms with Crippen LogP contribution in [-0.4, -0.2) is 37.5 Å². The lowest BCUT2D eigenvalue weighted by Crippen LogP contribution is -2.25. The topological polar surface area (TPSA) is 207 Å². The Kier molecular flexibility index (Phi) is 5.72. The second-order valence-electron chi connectivity index (χ2n) is 8.36. The summed E-state index contributed by atoms with van der Waals surface area (Å²) in [5, 5.41) is 2.81. The van der Waals surface area contributed by atoms with Crippen LogP contribution in [-0.2, 0) is 20.2 Å². The van der Waals surface area contributed by atoms with Crippen LogP contribution >= 0.6 is 0 Å². The number of nitrogens with two attached hydrogens (primary N) is 2. The van der Waals surface area contributed by atoms with Crippen molar-refractivity contribution in [3.8, 4) is 0 Å². The molecule has 0 unspecified atom stereocenters. The summed E-state index contributed by atoms with van der Waals surface area (Å²) in [5.74, 6) is -1.39. The standard InChI is InChI=1S/C23H21N3O8S2/c1-9-18(24)10(2)23(36(32,33)34)11(3)20(9)26-14-8-15(35(29,30)31)19(25)17-16(14)21(27)12-6-4-5-7-13(12)22(17)28/h4-8,26H,24-25H2,1-3H3,(H,29,30,31)(H,32,33,34). The maximum atomic E-state index is 13.5. The smallest absolute Gasteiger partial charge is 0.296 e. The highest BCUT2D eigenvalue weighted by molar-refractivity contribution is 7.86. The second-order valence-corrected chi connectivity index (χ2v) is 11.1. The third-order valence-corrected chi connectivity index (χ3v) is 8.26. The highest BCUT2D eigenvalue weighted by Crippen LogP contribution is 2.42. The van der Waals surface area contributed by atoms with Crippen LogP contribution in [0.1, 0.15) is 48.5 Å². The molecule has 1 aliphatic rings. The zero-order chi connectivity index (χ0) is 26.9. The number of carbonyl (C=O) groups excluding carboxylic acids is 2. The summed E-state index contributed by atoms with van der Waals surface area (Å²) in [4.78, 5) is 25.5. The van der Waals surface area contributed by atoms with Gasteiger partial charge in [-0.15, -0.1) is 0 Å². The van der Waals surface area contributed by atoms with Crippen molar-refractivity contribution < 1.29 is 35.5 Å². The molecule has 188 valence electrons. The van der Waals surface area contributed by atoms with Gasteiger partial charge in [-0.05, 0) is 43.5 Å². The Labute approximate surface area is 206 Å². The van der Waals surface area contributed by atoms with Crippen molar-refractivity contribution in [1.82, 2.24) is 0 Å². The van der Waals surface area contributed by atoms with Crippen molar-refractivity contribution in [2.45, 2.75) is 30.6 Å². The van der Waals surface area contributed by atoms with Crippen LogP contribution in [0, 0.1) is 20.8 Å². The Balaban J connectivity index is 2.10. The number of anilines is 4. The van der Waals surface area contributed by atoms with Crippen LogP contribution in [0.4, 0.5) is 22.7 Å². The van der Waals surface area contributed by atoms with E-state index in [1.807, 2.05) is 0 Å². The van der Waals surface area contributed by atoms with Gasteiger partial charge in [0.2, 0.25) is 0 Å². The van der Waals surface area contributed by atoms with Crippen molar-refractivity contribution in [2.24, 2.45) is 0 Å². The minimum absolute atomic E-state index is 0.000685. The first-order valence-corrected chi connectivity index (χ1v) is 13.2. The molecular weight excluding hydrogens is 510 g/mol. The Hall–Kier alpha value is -3.78. The molecule has 0 radical (unpaired) electrons. The van der Waals surface area contributed by atoms with Gasteiger partial charge in [-0.3, -0.25) is 18.7 Å². The lowest BCUT2D eigenvalue weighted by molar-refractivity contribution is 0.0980. The van der Waals surface area contributed by atoms with E-state index in [0.29, 0.717) is 5.56 Å². The number of rotatable bonds is 4. The third kappa shape index (κ3) is 3.73.